The number of hydrogen-bond acceptors (Lipinski definition) is 2. The van der Waals surface area contributed by atoms with Crippen molar-refractivity contribution in [2.24, 2.45) is 0 Å². The Morgan fingerprint density at radius 3 is 2.44 bits per heavy atom. The van der Waals surface area contributed by atoms with Crippen molar-refractivity contribution in [3.8, 4) is 0 Å². The largest absolute Gasteiger partial charge is 0.394 e. The van der Waals surface area contributed by atoms with Crippen LogP contribution in [-0.4, -0.2) is 11.7 Å². The molecule has 0 bridgehead atoms. The third-order valence-electron chi connectivity index (χ3n) is 2.95. The van der Waals surface area contributed by atoms with E-state index in [-0.39, 0.29) is 12.6 Å². The number of halogens is 1. The summed E-state index contributed by atoms with van der Waals surface area (Å²) in [6, 6.07) is 15.4. The molecule has 0 aliphatic rings. The highest BCUT2D eigenvalue weighted by Gasteiger charge is 2.13. The number of rotatable bonds is 4. The molecule has 3 heteroatoms. The van der Waals surface area contributed by atoms with Crippen LogP contribution >= 0.6 is 11.6 Å². The Morgan fingerprint density at radius 2 is 1.78 bits per heavy atom. The summed E-state index contributed by atoms with van der Waals surface area (Å²) in [7, 11) is 0. The molecule has 18 heavy (non-hydrogen) atoms. The highest BCUT2D eigenvalue weighted by molar-refractivity contribution is 6.33. The van der Waals surface area contributed by atoms with Gasteiger partial charge in [-0.15, -0.1) is 0 Å². The maximum Gasteiger partial charge on any atom is 0.0748 e. The molecule has 0 aromatic heterocycles. The van der Waals surface area contributed by atoms with Gasteiger partial charge in [0.25, 0.3) is 0 Å². The number of hydrogen-bond donors (Lipinski definition) is 2. The summed E-state index contributed by atoms with van der Waals surface area (Å²) < 4.78 is 0. The van der Waals surface area contributed by atoms with Crippen molar-refractivity contribution in [3.63, 3.8) is 0 Å². The minimum absolute atomic E-state index is 0.0239. The van der Waals surface area contributed by atoms with Crippen molar-refractivity contribution >= 4 is 17.3 Å². The van der Waals surface area contributed by atoms with Gasteiger partial charge in [-0.05, 0) is 30.2 Å². The van der Waals surface area contributed by atoms with Gasteiger partial charge in [0.2, 0.25) is 0 Å². The molecule has 1 unspecified atom stereocenters. The number of benzene rings is 2. The zero-order chi connectivity index (χ0) is 13.0. The van der Waals surface area contributed by atoms with Gasteiger partial charge in [0.15, 0.2) is 0 Å². The number of para-hydroxylation sites is 1. The van der Waals surface area contributed by atoms with Gasteiger partial charge in [-0.3, -0.25) is 0 Å². The van der Waals surface area contributed by atoms with Gasteiger partial charge < -0.3 is 10.4 Å². The lowest BCUT2D eigenvalue weighted by atomic mass is 10.0. The Morgan fingerprint density at radius 1 is 1.11 bits per heavy atom. The van der Waals surface area contributed by atoms with Crippen molar-refractivity contribution in [1.29, 1.82) is 0 Å². The second-order valence-corrected chi connectivity index (χ2v) is 4.62. The fourth-order valence-electron chi connectivity index (χ4n) is 1.97. The molecule has 0 aliphatic heterocycles. The van der Waals surface area contributed by atoms with Gasteiger partial charge in [-0.1, -0.05) is 48.0 Å². The molecule has 0 aliphatic carbocycles. The zero-order valence-electron chi connectivity index (χ0n) is 10.2. The average Bonchev–Trinajstić information content (AvgIpc) is 2.39. The summed E-state index contributed by atoms with van der Waals surface area (Å²) in [6.07, 6.45) is 0. The fraction of sp³-hybridized carbons (Fsp3) is 0.200. The first-order chi connectivity index (χ1) is 8.72. The van der Waals surface area contributed by atoms with Crippen LogP contribution in [0.5, 0.6) is 0 Å². The number of anilines is 1. The Hall–Kier alpha value is -1.51. The third kappa shape index (κ3) is 2.84. The molecular formula is C15H16ClNO. The first-order valence-corrected chi connectivity index (χ1v) is 6.27. The molecule has 2 aromatic rings. The lowest BCUT2D eigenvalue weighted by Crippen LogP contribution is -2.16. The van der Waals surface area contributed by atoms with E-state index < -0.39 is 0 Å². The molecule has 0 radical (unpaired) electrons. The lowest BCUT2D eigenvalue weighted by Gasteiger charge is -2.20. The van der Waals surface area contributed by atoms with Crippen molar-refractivity contribution in [3.05, 3.63) is 64.7 Å². The van der Waals surface area contributed by atoms with Crippen LogP contribution < -0.4 is 5.32 Å². The van der Waals surface area contributed by atoms with E-state index in [1.54, 1.807) is 0 Å². The molecule has 0 saturated heterocycles. The number of aliphatic hydroxyl groups is 1. The summed E-state index contributed by atoms with van der Waals surface area (Å²) >= 11 is 6.11. The normalized spacial score (nSPS) is 12.2. The summed E-state index contributed by atoms with van der Waals surface area (Å²) in [5.74, 6) is 0. The van der Waals surface area contributed by atoms with Crippen LogP contribution in [0.25, 0.3) is 0 Å². The maximum absolute atomic E-state index is 9.55. The van der Waals surface area contributed by atoms with E-state index in [1.165, 1.54) is 0 Å². The van der Waals surface area contributed by atoms with Crippen molar-refractivity contribution in [2.75, 3.05) is 11.9 Å². The van der Waals surface area contributed by atoms with Gasteiger partial charge in [0.1, 0.15) is 0 Å². The van der Waals surface area contributed by atoms with Gasteiger partial charge >= 0.3 is 0 Å². The molecule has 0 amide bonds. The molecule has 2 aromatic carbocycles. The summed E-state index contributed by atoms with van der Waals surface area (Å²) in [5.41, 5.74) is 3.07. The van der Waals surface area contributed by atoms with Crippen molar-refractivity contribution in [2.45, 2.75) is 13.0 Å². The minimum Gasteiger partial charge on any atom is -0.394 e. The molecule has 0 spiro atoms. The second-order valence-electron chi connectivity index (χ2n) is 4.22. The monoisotopic (exact) mass is 261 g/mol. The minimum atomic E-state index is -0.147. The predicted molar refractivity (Wildman–Crippen MR) is 76.1 cm³/mol. The number of aliphatic hydroxyl groups excluding tert-OH is 1. The van der Waals surface area contributed by atoms with Crippen LogP contribution in [-0.2, 0) is 0 Å². The van der Waals surface area contributed by atoms with Crippen LogP contribution in [0.3, 0.4) is 0 Å². The average molecular weight is 262 g/mol. The molecule has 1 atom stereocenters. The molecule has 0 fully saturated rings. The van der Waals surface area contributed by atoms with E-state index in [1.807, 2.05) is 55.5 Å². The lowest BCUT2D eigenvalue weighted by molar-refractivity contribution is 0.276. The quantitative estimate of drug-likeness (QED) is 0.878. The Bertz CT molecular complexity index is 527. The maximum atomic E-state index is 9.55. The first-order valence-electron chi connectivity index (χ1n) is 5.90. The SMILES string of the molecule is Cc1ccccc1C(CO)Nc1ccccc1Cl. The highest BCUT2D eigenvalue weighted by atomic mass is 35.5. The van der Waals surface area contributed by atoms with Gasteiger partial charge in [-0.2, -0.15) is 0 Å². The molecule has 0 heterocycles. The molecule has 2 nitrogen and oxygen atoms in total. The van der Waals surface area contributed by atoms with Crippen molar-refractivity contribution in [1.82, 2.24) is 0 Å². The van der Waals surface area contributed by atoms with E-state index in [2.05, 4.69) is 5.32 Å². The van der Waals surface area contributed by atoms with Gasteiger partial charge in [0.05, 0.1) is 23.4 Å². The summed E-state index contributed by atoms with van der Waals surface area (Å²) in [5, 5.41) is 13.5. The molecule has 94 valence electrons. The van der Waals surface area contributed by atoms with E-state index in [9.17, 15) is 5.11 Å². The van der Waals surface area contributed by atoms with E-state index in [4.69, 9.17) is 11.6 Å². The van der Waals surface area contributed by atoms with Crippen LogP contribution in [0.1, 0.15) is 17.2 Å². The Kier molecular flexibility index (Phi) is 4.24. The first kappa shape index (κ1) is 12.9. The molecule has 0 saturated carbocycles. The Balaban J connectivity index is 2.26. The summed E-state index contributed by atoms with van der Waals surface area (Å²) in [6.45, 7) is 2.06. The molecule has 2 rings (SSSR count). The van der Waals surface area contributed by atoms with Crippen LogP contribution in [0.15, 0.2) is 48.5 Å². The van der Waals surface area contributed by atoms with Crippen molar-refractivity contribution < 1.29 is 5.11 Å². The van der Waals surface area contributed by atoms with Gasteiger partial charge in [0, 0.05) is 0 Å². The fourth-order valence-corrected chi connectivity index (χ4v) is 2.16. The third-order valence-corrected chi connectivity index (χ3v) is 3.28. The molecule has 2 N–H and O–H groups in total. The predicted octanol–water partition coefficient (Wildman–Crippen LogP) is 3.79. The zero-order valence-corrected chi connectivity index (χ0v) is 11.0. The van der Waals surface area contributed by atoms with E-state index in [0.717, 1.165) is 16.8 Å². The van der Waals surface area contributed by atoms with E-state index >= 15 is 0 Å². The Labute approximate surface area is 112 Å². The van der Waals surface area contributed by atoms with Gasteiger partial charge in [-0.25, -0.2) is 0 Å². The van der Waals surface area contributed by atoms with E-state index in [0.29, 0.717) is 5.02 Å². The van der Waals surface area contributed by atoms with Crippen LogP contribution in [0, 0.1) is 6.92 Å². The second kappa shape index (κ2) is 5.89. The summed E-state index contributed by atoms with van der Waals surface area (Å²) in [4.78, 5) is 0. The van der Waals surface area contributed by atoms with Crippen LogP contribution in [0.2, 0.25) is 5.02 Å². The number of nitrogens with one attached hydrogen (secondary N) is 1. The smallest absolute Gasteiger partial charge is 0.0748 e. The standard InChI is InChI=1S/C15H16ClNO/c1-11-6-2-3-7-12(11)15(10-18)17-14-9-5-4-8-13(14)16/h2-9,15,17-18H,10H2,1H3. The number of aryl methyl sites for hydroxylation is 1. The highest BCUT2D eigenvalue weighted by Crippen LogP contribution is 2.27. The topological polar surface area (TPSA) is 32.3 Å². The molecular weight excluding hydrogens is 246 g/mol. The van der Waals surface area contributed by atoms with Crippen LogP contribution in [0.4, 0.5) is 5.69 Å².